The number of ether oxygens (including phenoxy) is 2. The summed E-state index contributed by atoms with van der Waals surface area (Å²) in [5.41, 5.74) is -0.367. The fourth-order valence-electron chi connectivity index (χ4n) is 2.37. The SMILES string of the molecule is CCNC(C#N)(CC)CCCOC1CCOCC1. The van der Waals surface area contributed by atoms with Gasteiger partial charge in [0.05, 0.1) is 12.2 Å². The van der Waals surface area contributed by atoms with Crippen molar-refractivity contribution in [2.24, 2.45) is 0 Å². The largest absolute Gasteiger partial charge is 0.381 e. The predicted octanol–water partition coefficient (Wildman–Crippen LogP) is 2.24. The summed E-state index contributed by atoms with van der Waals surface area (Å²) in [5, 5.41) is 12.6. The van der Waals surface area contributed by atoms with Gasteiger partial charge in [0.2, 0.25) is 0 Å². The molecular weight excluding hydrogens is 228 g/mol. The van der Waals surface area contributed by atoms with Crippen LogP contribution in [0.2, 0.25) is 0 Å². The molecule has 0 amide bonds. The molecule has 1 aliphatic heterocycles. The van der Waals surface area contributed by atoms with E-state index in [1.54, 1.807) is 0 Å². The summed E-state index contributed by atoms with van der Waals surface area (Å²) < 4.78 is 11.1. The highest BCUT2D eigenvalue weighted by Crippen LogP contribution is 2.17. The van der Waals surface area contributed by atoms with Crippen LogP contribution in [-0.2, 0) is 9.47 Å². The summed E-state index contributed by atoms with van der Waals surface area (Å²) >= 11 is 0. The molecule has 1 heterocycles. The van der Waals surface area contributed by atoms with Crippen LogP contribution in [0.1, 0.15) is 46.0 Å². The molecule has 0 spiro atoms. The highest BCUT2D eigenvalue weighted by molar-refractivity contribution is 5.05. The van der Waals surface area contributed by atoms with Crippen LogP contribution in [0.15, 0.2) is 0 Å². The zero-order valence-electron chi connectivity index (χ0n) is 11.7. The first-order valence-electron chi connectivity index (χ1n) is 7.12. The normalized spacial score (nSPS) is 20.3. The number of rotatable bonds is 8. The molecule has 1 saturated heterocycles. The van der Waals surface area contributed by atoms with Crippen LogP contribution in [-0.4, -0.2) is 38.0 Å². The van der Waals surface area contributed by atoms with Gasteiger partial charge in [0.15, 0.2) is 0 Å². The van der Waals surface area contributed by atoms with Gasteiger partial charge in [-0.2, -0.15) is 5.26 Å². The van der Waals surface area contributed by atoms with Crippen LogP contribution >= 0.6 is 0 Å². The number of hydrogen-bond donors (Lipinski definition) is 1. The van der Waals surface area contributed by atoms with Gasteiger partial charge in [-0.15, -0.1) is 0 Å². The lowest BCUT2D eigenvalue weighted by Gasteiger charge is -2.27. The van der Waals surface area contributed by atoms with Crippen LogP contribution in [0, 0.1) is 11.3 Å². The third kappa shape index (κ3) is 4.93. The summed E-state index contributed by atoms with van der Waals surface area (Å²) in [7, 11) is 0. The van der Waals surface area contributed by atoms with Crippen LogP contribution in [0.25, 0.3) is 0 Å². The summed E-state index contributed by atoms with van der Waals surface area (Å²) in [6, 6.07) is 2.42. The van der Waals surface area contributed by atoms with Crippen LogP contribution < -0.4 is 5.32 Å². The van der Waals surface area contributed by atoms with Crippen molar-refractivity contribution < 1.29 is 9.47 Å². The number of nitrogens with zero attached hydrogens (tertiary/aromatic N) is 1. The maximum Gasteiger partial charge on any atom is 0.106 e. The molecule has 1 fully saturated rings. The van der Waals surface area contributed by atoms with Crippen molar-refractivity contribution in [2.45, 2.75) is 57.6 Å². The maximum atomic E-state index is 9.29. The van der Waals surface area contributed by atoms with Crippen LogP contribution in [0.3, 0.4) is 0 Å². The van der Waals surface area contributed by atoms with Gasteiger partial charge in [0.25, 0.3) is 0 Å². The average Bonchev–Trinajstić information content (AvgIpc) is 2.43. The Balaban J connectivity index is 2.20. The minimum Gasteiger partial charge on any atom is -0.381 e. The minimum absolute atomic E-state index is 0.357. The summed E-state index contributed by atoms with van der Waals surface area (Å²) in [6.07, 6.45) is 5.00. The average molecular weight is 254 g/mol. The highest BCUT2D eigenvalue weighted by atomic mass is 16.5. The van der Waals surface area contributed by atoms with E-state index in [2.05, 4.69) is 18.3 Å². The van der Waals surface area contributed by atoms with Crippen LogP contribution in [0.4, 0.5) is 0 Å². The fourth-order valence-corrected chi connectivity index (χ4v) is 2.37. The summed E-state index contributed by atoms with van der Waals surface area (Å²) in [5.74, 6) is 0. The molecule has 4 nitrogen and oxygen atoms in total. The lowest BCUT2D eigenvalue weighted by molar-refractivity contribution is -0.0334. The molecule has 0 aliphatic carbocycles. The number of nitriles is 1. The van der Waals surface area contributed by atoms with Crippen molar-refractivity contribution in [3.8, 4) is 6.07 Å². The van der Waals surface area contributed by atoms with E-state index in [1.165, 1.54) is 0 Å². The first-order chi connectivity index (χ1) is 8.76. The lowest BCUT2D eigenvalue weighted by Crippen LogP contribution is -2.43. The molecule has 0 radical (unpaired) electrons. The molecular formula is C14H26N2O2. The molecule has 1 atom stereocenters. The van der Waals surface area contributed by atoms with Gasteiger partial charge in [-0.25, -0.2) is 0 Å². The van der Waals surface area contributed by atoms with Crippen molar-refractivity contribution in [1.29, 1.82) is 5.26 Å². The molecule has 1 aliphatic rings. The van der Waals surface area contributed by atoms with Crippen molar-refractivity contribution >= 4 is 0 Å². The zero-order valence-corrected chi connectivity index (χ0v) is 11.7. The third-order valence-corrected chi connectivity index (χ3v) is 3.60. The third-order valence-electron chi connectivity index (χ3n) is 3.60. The summed E-state index contributed by atoms with van der Waals surface area (Å²) in [6.45, 7) is 7.32. The van der Waals surface area contributed by atoms with Crippen molar-refractivity contribution in [3.63, 3.8) is 0 Å². The van der Waals surface area contributed by atoms with E-state index in [1.807, 2.05) is 6.92 Å². The molecule has 0 aromatic heterocycles. The van der Waals surface area contributed by atoms with E-state index in [0.29, 0.717) is 6.10 Å². The van der Waals surface area contributed by atoms with Crippen molar-refractivity contribution in [3.05, 3.63) is 0 Å². The first-order valence-corrected chi connectivity index (χ1v) is 7.12. The topological polar surface area (TPSA) is 54.3 Å². The minimum atomic E-state index is -0.367. The molecule has 104 valence electrons. The Morgan fingerprint density at radius 2 is 2.11 bits per heavy atom. The van der Waals surface area contributed by atoms with Gasteiger partial charge < -0.3 is 9.47 Å². The first kappa shape index (κ1) is 15.4. The van der Waals surface area contributed by atoms with E-state index in [4.69, 9.17) is 9.47 Å². The Kier molecular flexibility index (Phi) is 7.26. The van der Waals surface area contributed by atoms with Crippen molar-refractivity contribution in [2.75, 3.05) is 26.4 Å². The fraction of sp³-hybridized carbons (Fsp3) is 0.929. The van der Waals surface area contributed by atoms with E-state index < -0.39 is 0 Å². The maximum absolute atomic E-state index is 9.29. The molecule has 1 N–H and O–H groups in total. The molecule has 0 aromatic rings. The molecule has 0 aromatic carbocycles. The summed E-state index contributed by atoms with van der Waals surface area (Å²) in [4.78, 5) is 0. The Morgan fingerprint density at radius 1 is 1.39 bits per heavy atom. The smallest absolute Gasteiger partial charge is 0.106 e. The lowest BCUT2D eigenvalue weighted by atomic mass is 9.92. The number of nitrogens with one attached hydrogen (secondary N) is 1. The predicted molar refractivity (Wildman–Crippen MR) is 71.3 cm³/mol. The Hall–Kier alpha value is -0.630. The Morgan fingerprint density at radius 3 is 2.67 bits per heavy atom. The van der Waals surface area contributed by atoms with Gasteiger partial charge in [0, 0.05) is 19.8 Å². The number of hydrogen-bond acceptors (Lipinski definition) is 4. The van der Waals surface area contributed by atoms with Gasteiger partial charge in [-0.05, 0) is 38.6 Å². The Bertz CT molecular complexity index is 259. The van der Waals surface area contributed by atoms with E-state index in [-0.39, 0.29) is 5.54 Å². The molecule has 0 saturated carbocycles. The van der Waals surface area contributed by atoms with E-state index in [0.717, 1.165) is 58.5 Å². The van der Waals surface area contributed by atoms with E-state index in [9.17, 15) is 5.26 Å². The highest BCUT2D eigenvalue weighted by Gasteiger charge is 2.26. The molecule has 18 heavy (non-hydrogen) atoms. The molecule has 1 unspecified atom stereocenters. The Labute approximate surface area is 111 Å². The second-order valence-corrected chi connectivity index (χ2v) is 4.86. The van der Waals surface area contributed by atoms with E-state index >= 15 is 0 Å². The standard InChI is InChI=1S/C14H26N2O2/c1-3-14(12-15,16-4-2)8-5-9-18-13-6-10-17-11-7-13/h13,16H,3-11H2,1-2H3. The molecule has 0 bridgehead atoms. The second kappa shape index (κ2) is 8.47. The second-order valence-electron chi connectivity index (χ2n) is 4.86. The van der Waals surface area contributed by atoms with Gasteiger partial charge >= 0.3 is 0 Å². The quantitative estimate of drug-likeness (QED) is 0.675. The van der Waals surface area contributed by atoms with Gasteiger partial charge in [0.1, 0.15) is 5.54 Å². The monoisotopic (exact) mass is 254 g/mol. The van der Waals surface area contributed by atoms with Gasteiger partial charge in [-0.1, -0.05) is 13.8 Å². The van der Waals surface area contributed by atoms with Gasteiger partial charge in [-0.3, -0.25) is 5.32 Å². The molecule has 1 rings (SSSR count). The van der Waals surface area contributed by atoms with Crippen molar-refractivity contribution in [1.82, 2.24) is 5.32 Å². The molecule has 4 heteroatoms. The zero-order chi connectivity index (χ0) is 13.3. The van der Waals surface area contributed by atoms with Crippen LogP contribution in [0.5, 0.6) is 0 Å².